The predicted octanol–water partition coefficient (Wildman–Crippen LogP) is 5.27. The molecule has 5 rings (SSSR count). The highest BCUT2D eigenvalue weighted by Crippen LogP contribution is 2.37. The quantitative estimate of drug-likeness (QED) is 0.335. The van der Waals surface area contributed by atoms with Gasteiger partial charge >= 0.3 is 0 Å². The number of piperazine rings is 1. The number of ether oxygens (including phenoxy) is 2. The van der Waals surface area contributed by atoms with Crippen molar-refractivity contribution in [3.63, 3.8) is 0 Å². The van der Waals surface area contributed by atoms with Crippen LogP contribution in [0.5, 0.6) is 5.88 Å². The molecule has 2 aromatic heterocycles. The first kappa shape index (κ1) is 30.3. The Morgan fingerprint density at radius 1 is 1.02 bits per heavy atom. The topological polar surface area (TPSA) is 66.0 Å². The lowest BCUT2D eigenvalue weighted by molar-refractivity contribution is 0.102. The van der Waals surface area contributed by atoms with Crippen molar-refractivity contribution in [3.05, 3.63) is 59.9 Å². The highest BCUT2D eigenvalue weighted by molar-refractivity contribution is 8.16. The average molecular weight is 599 g/mol. The third kappa shape index (κ3) is 7.08. The summed E-state index contributed by atoms with van der Waals surface area (Å²) in [6.07, 6.45) is 3.47. The van der Waals surface area contributed by atoms with Gasteiger partial charge in [-0.25, -0.2) is 13.8 Å². The number of rotatable bonds is 9. The maximum atomic E-state index is 15.3. The van der Waals surface area contributed by atoms with Gasteiger partial charge in [0.15, 0.2) is 0 Å². The van der Waals surface area contributed by atoms with Crippen LogP contribution in [0.4, 0.5) is 20.2 Å². The molecule has 0 amide bonds. The maximum Gasteiger partial charge on any atom is 0.228 e. The van der Waals surface area contributed by atoms with Gasteiger partial charge in [-0.3, -0.25) is 14.8 Å². The molecule has 0 bridgehead atoms. The minimum absolute atomic E-state index is 0.105. The zero-order valence-corrected chi connectivity index (χ0v) is 25.6. The van der Waals surface area contributed by atoms with E-state index in [0.717, 1.165) is 55.5 Å². The molecule has 8 nitrogen and oxygen atoms in total. The molecule has 42 heavy (non-hydrogen) atoms. The van der Waals surface area contributed by atoms with Crippen LogP contribution in [0.3, 0.4) is 0 Å². The molecule has 11 heteroatoms. The highest BCUT2D eigenvalue weighted by atomic mass is 32.2. The van der Waals surface area contributed by atoms with E-state index in [1.165, 1.54) is 12.1 Å². The van der Waals surface area contributed by atoms with Crippen LogP contribution in [0.25, 0.3) is 11.3 Å². The van der Waals surface area contributed by atoms with Gasteiger partial charge in [0.2, 0.25) is 5.88 Å². The number of halogens is 2. The first-order valence-electron chi connectivity index (χ1n) is 14.4. The number of morpholine rings is 1. The lowest BCUT2D eigenvalue weighted by Gasteiger charge is -2.37. The number of hydrogen-bond donors (Lipinski definition) is 1. The minimum Gasteiger partial charge on any atom is -0.480 e. The standard InChI is InChI=1S/C31H40F2N6O2S/c1-5-42(30-19-25(20-35-31(30)40-4)39-12-14-41-15-13-39)36-24-6-7-34-29(18-24)23-16-27(32)26(28(33)17-23)21-37-8-10-38(11-9-37)22(2)3/h5-7,16-20,22H,8-15,21H2,1-4H3,(H,34,36). The van der Waals surface area contributed by atoms with Gasteiger partial charge in [0.25, 0.3) is 0 Å². The Morgan fingerprint density at radius 2 is 1.74 bits per heavy atom. The molecule has 2 aliphatic rings. The predicted molar refractivity (Wildman–Crippen MR) is 167 cm³/mol. The van der Waals surface area contributed by atoms with Crippen molar-refractivity contribution in [2.75, 3.05) is 69.2 Å². The van der Waals surface area contributed by atoms with Gasteiger partial charge in [-0.05, 0) is 56.5 Å². The summed E-state index contributed by atoms with van der Waals surface area (Å²) in [5.41, 5.74) is 2.78. The lowest BCUT2D eigenvalue weighted by atomic mass is 10.1. The monoisotopic (exact) mass is 598 g/mol. The molecule has 2 fully saturated rings. The van der Waals surface area contributed by atoms with Crippen molar-refractivity contribution in [1.29, 1.82) is 0 Å². The summed E-state index contributed by atoms with van der Waals surface area (Å²) in [6, 6.07) is 9.01. The van der Waals surface area contributed by atoms with Gasteiger partial charge in [0, 0.05) is 74.9 Å². The molecular formula is C31H40F2N6O2S. The second-order valence-corrected chi connectivity index (χ2v) is 12.5. The SMILES string of the molecule is C/C=S(/Nc1ccnc(-c2cc(F)c(CN3CCN(C(C)C)CC3)c(F)c2)c1)c1cc(N2CCOCC2)cnc1OC. The van der Waals surface area contributed by atoms with Gasteiger partial charge in [-0.2, -0.15) is 0 Å². The smallest absolute Gasteiger partial charge is 0.228 e. The summed E-state index contributed by atoms with van der Waals surface area (Å²) in [5, 5.41) is 2.05. The number of nitrogens with one attached hydrogen (secondary N) is 1. The van der Waals surface area contributed by atoms with E-state index >= 15 is 8.78 Å². The van der Waals surface area contributed by atoms with E-state index in [-0.39, 0.29) is 12.1 Å². The van der Waals surface area contributed by atoms with Gasteiger partial charge in [0.1, 0.15) is 11.6 Å². The summed E-state index contributed by atoms with van der Waals surface area (Å²) in [5.74, 6) is -0.553. The maximum absolute atomic E-state index is 15.3. The van der Waals surface area contributed by atoms with Crippen LogP contribution in [-0.4, -0.2) is 90.8 Å². The lowest BCUT2D eigenvalue weighted by Crippen LogP contribution is -2.48. The third-order valence-electron chi connectivity index (χ3n) is 7.79. The molecule has 226 valence electrons. The molecule has 4 heterocycles. The molecule has 0 radical (unpaired) electrons. The fourth-order valence-electron chi connectivity index (χ4n) is 5.31. The molecule has 0 spiro atoms. The summed E-state index contributed by atoms with van der Waals surface area (Å²) >= 11 is 0. The van der Waals surface area contributed by atoms with E-state index < -0.39 is 22.3 Å². The fourth-order valence-corrected chi connectivity index (χ4v) is 6.74. The van der Waals surface area contributed by atoms with Crippen LogP contribution >= 0.6 is 10.7 Å². The van der Waals surface area contributed by atoms with Gasteiger partial charge in [-0.15, -0.1) is 0 Å². The van der Waals surface area contributed by atoms with Crippen molar-refractivity contribution < 1.29 is 18.3 Å². The molecule has 2 saturated heterocycles. The summed E-state index contributed by atoms with van der Waals surface area (Å²) in [6.45, 7) is 12.9. The van der Waals surface area contributed by atoms with E-state index in [2.05, 4.69) is 54.7 Å². The van der Waals surface area contributed by atoms with Crippen molar-refractivity contribution in [3.8, 4) is 17.1 Å². The average Bonchev–Trinajstić information content (AvgIpc) is 3.02. The molecule has 1 unspecified atom stereocenters. The number of pyridine rings is 2. The second kappa shape index (κ2) is 13.9. The number of methoxy groups -OCH3 is 1. The summed E-state index contributed by atoms with van der Waals surface area (Å²) in [4.78, 5) is 16.7. The van der Waals surface area contributed by atoms with Gasteiger partial charge in [-0.1, -0.05) is 10.7 Å². The Hall–Kier alpha value is -3.12. The summed E-state index contributed by atoms with van der Waals surface area (Å²) in [7, 11) is 1.05. The number of hydrogen-bond acceptors (Lipinski definition) is 8. The van der Waals surface area contributed by atoms with E-state index in [9.17, 15) is 0 Å². The Kier molecular flexibility index (Phi) is 10.0. The molecule has 0 saturated carbocycles. The van der Waals surface area contributed by atoms with E-state index in [4.69, 9.17) is 9.47 Å². The number of anilines is 2. The zero-order valence-electron chi connectivity index (χ0n) is 24.8. The van der Waals surface area contributed by atoms with E-state index in [1.54, 1.807) is 13.3 Å². The highest BCUT2D eigenvalue weighted by Gasteiger charge is 2.22. The van der Waals surface area contributed by atoms with Crippen LogP contribution < -0.4 is 14.4 Å². The van der Waals surface area contributed by atoms with Crippen LogP contribution in [-0.2, 0) is 11.3 Å². The van der Waals surface area contributed by atoms with E-state index in [1.807, 2.05) is 25.3 Å². The van der Waals surface area contributed by atoms with Crippen molar-refractivity contribution in [1.82, 2.24) is 19.8 Å². The Bertz CT molecular complexity index is 1380. The molecular weight excluding hydrogens is 558 g/mol. The van der Waals surface area contributed by atoms with Gasteiger partial charge in [0.05, 0.1) is 42.8 Å². The van der Waals surface area contributed by atoms with Crippen molar-refractivity contribution in [2.45, 2.75) is 38.3 Å². The Balaban J connectivity index is 1.33. The largest absolute Gasteiger partial charge is 0.480 e. The minimum atomic E-state index is -0.565. The molecule has 1 N–H and O–H groups in total. The Labute approximate surface area is 249 Å². The molecule has 1 aromatic carbocycles. The zero-order chi connectivity index (χ0) is 29.6. The summed E-state index contributed by atoms with van der Waals surface area (Å²) < 4.78 is 45.2. The number of aromatic nitrogens is 2. The fraction of sp³-hybridized carbons (Fsp3) is 0.452. The third-order valence-corrected chi connectivity index (χ3v) is 9.48. The first-order valence-corrected chi connectivity index (χ1v) is 15.7. The number of benzene rings is 1. The molecule has 3 aromatic rings. The van der Waals surface area contributed by atoms with Crippen LogP contribution in [0, 0.1) is 11.6 Å². The normalized spacial score (nSPS) is 17.5. The molecule has 2 aliphatic heterocycles. The molecule has 1 atom stereocenters. The molecule has 0 aliphatic carbocycles. The van der Waals surface area contributed by atoms with Gasteiger partial charge < -0.3 is 19.1 Å². The Morgan fingerprint density at radius 3 is 2.38 bits per heavy atom. The van der Waals surface area contributed by atoms with Crippen LogP contribution in [0.15, 0.2) is 47.6 Å². The second-order valence-electron chi connectivity index (χ2n) is 10.7. The van der Waals surface area contributed by atoms with Crippen molar-refractivity contribution >= 4 is 27.4 Å². The van der Waals surface area contributed by atoms with E-state index in [0.29, 0.717) is 36.4 Å². The van der Waals surface area contributed by atoms with Crippen LogP contribution in [0.1, 0.15) is 26.3 Å². The van der Waals surface area contributed by atoms with Crippen molar-refractivity contribution in [2.24, 2.45) is 0 Å². The first-order chi connectivity index (χ1) is 20.4. The number of nitrogens with zero attached hydrogens (tertiary/aromatic N) is 5. The van der Waals surface area contributed by atoms with Crippen LogP contribution in [0.2, 0.25) is 0 Å².